The van der Waals surface area contributed by atoms with Gasteiger partial charge in [-0.25, -0.2) is 0 Å². The zero-order chi connectivity index (χ0) is 24.1. The van der Waals surface area contributed by atoms with Crippen LogP contribution in [0.25, 0.3) is 11.1 Å². The van der Waals surface area contributed by atoms with Gasteiger partial charge in [0.2, 0.25) is 5.91 Å². The number of carbonyl (C=O) groups is 1. The van der Waals surface area contributed by atoms with E-state index in [0.717, 1.165) is 29.8 Å². The summed E-state index contributed by atoms with van der Waals surface area (Å²) in [6.07, 6.45) is 1.66. The number of aliphatic hydroxyl groups excluding tert-OH is 1. The van der Waals surface area contributed by atoms with Gasteiger partial charge in [-0.05, 0) is 53.8 Å². The first-order chi connectivity index (χ1) is 17.1. The molecule has 180 valence electrons. The second-order valence-corrected chi connectivity index (χ2v) is 9.83. The lowest BCUT2D eigenvalue weighted by Crippen LogP contribution is -2.49. The van der Waals surface area contributed by atoms with E-state index in [9.17, 15) is 14.7 Å². The number of ether oxygens (including phenoxy) is 1. The van der Waals surface area contributed by atoms with Gasteiger partial charge in [0, 0.05) is 42.3 Å². The van der Waals surface area contributed by atoms with Crippen LogP contribution in [0.5, 0.6) is 5.75 Å². The summed E-state index contributed by atoms with van der Waals surface area (Å²) in [6.45, 7) is 0.380. The lowest BCUT2D eigenvalue weighted by atomic mass is 9.88. The number of pyridine rings is 1. The van der Waals surface area contributed by atoms with E-state index in [4.69, 9.17) is 4.74 Å². The van der Waals surface area contributed by atoms with Crippen molar-refractivity contribution in [2.45, 2.75) is 37.5 Å². The van der Waals surface area contributed by atoms with E-state index >= 15 is 0 Å². The third kappa shape index (κ3) is 3.66. The van der Waals surface area contributed by atoms with Crippen molar-refractivity contribution in [1.82, 2.24) is 15.2 Å². The molecular weight excluding hydrogens is 442 g/mol. The van der Waals surface area contributed by atoms with Gasteiger partial charge in [-0.2, -0.15) is 0 Å². The molecule has 1 amide bonds. The smallest absolute Gasteiger partial charge is 0.258 e. The van der Waals surface area contributed by atoms with Crippen molar-refractivity contribution in [3.8, 4) is 16.9 Å². The second kappa shape index (κ2) is 8.66. The molecule has 3 N–H and O–H groups in total. The van der Waals surface area contributed by atoms with E-state index in [1.807, 2.05) is 48.5 Å². The van der Waals surface area contributed by atoms with Gasteiger partial charge in [0.1, 0.15) is 5.75 Å². The van der Waals surface area contributed by atoms with Crippen LogP contribution in [-0.2, 0) is 24.2 Å². The standard InChI is InChI=1S/C28H29N3O4/c1-35-20-8-6-16(7-9-20)21-10-11-24-25-22(14-31(24)28(21)34)23(15-32)26(30-25)27(33)29-19-12-17-4-2-3-5-18(17)13-19/h2-11,19,22-23,25-26,30,32H,12-15H2,1H3,(H,29,33)/t22-,23-,25+,26-/m1/s1. The number of carbonyl (C=O) groups excluding carboxylic acids is 1. The largest absolute Gasteiger partial charge is 0.497 e. The SMILES string of the molecule is COc1ccc(-c2ccc3n(c2=O)C[C@@H]2[C@@H](CO)[C@H](C(=O)NC4Cc5ccccc5C4)N[C@H]32)cc1. The van der Waals surface area contributed by atoms with Gasteiger partial charge in [0.25, 0.3) is 5.56 Å². The predicted octanol–water partition coefficient (Wildman–Crippen LogP) is 2.06. The van der Waals surface area contributed by atoms with E-state index < -0.39 is 6.04 Å². The highest BCUT2D eigenvalue weighted by atomic mass is 16.5. The van der Waals surface area contributed by atoms with Crippen molar-refractivity contribution in [2.75, 3.05) is 13.7 Å². The van der Waals surface area contributed by atoms with Gasteiger partial charge >= 0.3 is 0 Å². The zero-order valence-electron chi connectivity index (χ0n) is 19.6. The molecule has 1 aliphatic carbocycles. The van der Waals surface area contributed by atoms with Gasteiger partial charge in [0.15, 0.2) is 0 Å². The van der Waals surface area contributed by atoms with Crippen LogP contribution in [0.1, 0.15) is 22.9 Å². The molecule has 1 fully saturated rings. The molecular formula is C28H29N3O4. The molecule has 4 atom stereocenters. The molecule has 0 saturated carbocycles. The second-order valence-electron chi connectivity index (χ2n) is 9.83. The van der Waals surface area contributed by atoms with Crippen molar-refractivity contribution in [1.29, 1.82) is 0 Å². The first-order valence-corrected chi connectivity index (χ1v) is 12.2. The third-order valence-corrected chi connectivity index (χ3v) is 7.98. The first kappa shape index (κ1) is 22.1. The molecule has 6 rings (SSSR count). The van der Waals surface area contributed by atoms with Gasteiger partial charge < -0.3 is 19.7 Å². The molecule has 3 aromatic rings. The number of benzene rings is 2. The fourth-order valence-corrected chi connectivity index (χ4v) is 6.20. The molecule has 7 heteroatoms. The average Bonchev–Trinajstić information content (AvgIpc) is 3.55. The summed E-state index contributed by atoms with van der Waals surface area (Å²) in [6, 6.07) is 19.0. The van der Waals surface area contributed by atoms with Crippen LogP contribution in [0.15, 0.2) is 65.5 Å². The maximum Gasteiger partial charge on any atom is 0.258 e. The fraction of sp³-hybridized carbons (Fsp3) is 0.357. The maximum atomic E-state index is 13.4. The number of hydrogen-bond donors (Lipinski definition) is 3. The molecule has 1 aromatic heterocycles. The van der Waals surface area contributed by atoms with Crippen LogP contribution in [0, 0.1) is 11.8 Å². The lowest BCUT2D eigenvalue weighted by molar-refractivity contribution is -0.125. The Hall–Kier alpha value is -3.42. The minimum Gasteiger partial charge on any atom is -0.497 e. The third-order valence-electron chi connectivity index (χ3n) is 7.98. The normalized spacial score (nSPS) is 24.6. The number of rotatable bonds is 5. The molecule has 35 heavy (non-hydrogen) atoms. The van der Waals surface area contributed by atoms with Gasteiger partial charge in [0.05, 0.1) is 19.2 Å². The summed E-state index contributed by atoms with van der Waals surface area (Å²) >= 11 is 0. The predicted molar refractivity (Wildman–Crippen MR) is 132 cm³/mol. The van der Waals surface area contributed by atoms with Crippen LogP contribution in [0.2, 0.25) is 0 Å². The molecule has 0 unspecified atom stereocenters. The fourth-order valence-electron chi connectivity index (χ4n) is 6.20. The number of amides is 1. The van der Waals surface area contributed by atoms with E-state index in [1.54, 1.807) is 11.7 Å². The molecule has 3 aliphatic rings. The highest BCUT2D eigenvalue weighted by Gasteiger charge is 2.50. The highest BCUT2D eigenvalue weighted by Crippen LogP contribution is 2.43. The van der Waals surface area contributed by atoms with Gasteiger partial charge in [-0.15, -0.1) is 0 Å². The average molecular weight is 472 g/mol. The van der Waals surface area contributed by atoms with Crippen molar-refractivity contribution < 1.29 is 14.6 Å². The summed E-state index contributed by atoms with van der Waals surface area (Å²) in [5, 5.41) is 16.9. The van der Waals surface area contributed by atoms with Crippen molar-refractivity contribution in [2.24, 2.45) is 11.8 Å². The Balaban J connectivity index is 1.21. The van der Waals surface area contributed by atoms with Crippen LogP contribution >= 0.6 is 0 Å². The number of nitrogens with one attached hydrogen (secondary N) is 2. The number of methoxy groups -OCH3 is 1. The zero-order valence-corrected chi connectivity index (χ0v) is 19.6. The molecule has 0 bridgehead atoms. The van der Waals surface area contributed by atoms with E-state index in [0.29, 0.717) is 12.1 Å². The number of aromatic nitrogens is 1. The molecule has 2 aromatic carbocycles. The molecule has 7 nitrogen and oxygen atoms in total. The van der Waals surface area contributed by atoms with Crippen LogP contribution in [0.3, 0.4) is 0 Å². The quantitative estimate of drug-likeness (QED) is 0.530. The summed E-state index contributed by atoms with van der Waals surface area (Å²) in [4.78, 5) is 26.6. The maximum absolute atomic E-state index is 13.4. The monoisotopic (exact) mass is 471 g/mol. The Bertz CT molecular complexity index is 1310. The van der Waals surface area contributed by atoms with Gasteiger partial charge in [-0.3, -0.25) is 14.9 Å². The number of aliphatic hydroxyl groups is 1. The van der Waals surface area contributed by atoms with Gasteiger partial charge in [-0.1, -0.05) is 36.4 Å². The van der Waals surface area contributed by atoms with Crippen molar-refractivity contribution in [3.63, 3.8) is 0 Å². The number of fused-ring (bicyclic) bond motifs is 4. The molecule has 2 aliphatic heterocycles. The minimum absolute atomic E-state index is 0.0182. The van der Waals surface area contributed by atoms with Crippen molar-refractivity contribution >= 4 is 5.91 Å². The summed E-state index contributed by atoms with van der Waals surface area (Å²) in [7, 11) is 1.61. The summed E-state index contributed by atoms with van der Waals surface area (Å²) in [5.74, 6) is 0.396. The molecule has 0 radical (unpaired) electrons. The molecule has 0 spiro atoms. The first-order valence-electron chi connectivity index (χ1n) is 12.2. The van der Waals surface area contributed by atoms with Crippen molar-refractivity contribution in [3.05, 3.63) is 87.8 Å². The van der Waals surface area contributed by atoms with Crippen LogP contribution < -0.4 is 20.9 Å². The van der Waals surface area contributed by atoms with Crippen LogP contribution in [0.4, 0.5) is 0 Å². The molecule has 3 heterocycles. The number of nitrogens with zero attached hydrogens (tertiary/aromatic N) is 1. The van der Waals surface area contributed by atoms with E-state index in [-0.39, 0.29) is 42.0 Å². The Labute approximate surface area is 203 Å². The van der Waals surface area contributed by atoms with E-state index in [2.05, 4.69) is 22.8 Å². The Kier molecular flexibility index (Phi) is 5.46. The Morgan fingerprint density at radius 2 is 1.80 bits per heavy atom. The molecule has 1 saturated heterocycles. The topological polar surface area (TPSA) is 92.6 Å². The Morgan fingerprint density at radius 1 is 1.09 bits per heavy atom. The Morgan fingerprint density at radius 3 is 2.46 bits per heavy atom. The number of hydrogen-bond acceptors (Lipinski definition) is 5. The minimum atomic E-state index is -0.483. The lowest BCUT2D eigenvalue weighted by Gasteiger charge is -2.23. The van der Waals surface area contributed by atoms with E-state index in [1.165, 1.54) is 11.1 Å². The highest BCUT2D eigenvalue weighted by molar-refractivity contribution is 5.83. The van der Waals surface area contributed by atoms with Crippen LogP contribution in [-0.4, -0.2) is 41.4 Å². The summed E-state index contributed by atoms with van der Waals surface area (Å²) in [5.41, 5.74) is 4.86. The summed E-state index contributed by atoms with van der Waals surface area (Å²) < 4.78 is 7.02.